The van der Waals surface area contributed by atoms with E-state index in [-0.39, 0.29) is 6.42 Å². The van der Waals surface area contributed by atoms with Crippen LogP contribution in [0.5, 0.6) is 0 Å². The summed E-state index contributed by atoms with van der Waals surface area (Å²) in [7, 11) is 0. The number of nitrogens with one attached hydrogen (secondary N) is 2. The Kier molecular flexibility index (Phi) is 11.1. The average molecular weight is 358 g/mol. The molecule has 0 aliphatic heterocycles. The molecular formula is C17H30N2O6. The number of aliphatic carboxylic acids is 1. The molecule has 1 unspecified atom stereocenters. The first-order valence-electron chi connectivity index (χ1n) is 8.39. The summed E-state index contributed by atoms with van der Waals surface area (Å²) in [5, 5.41) is 14.1. The van der Waals surface area contributed by atoms with Gasteiger partial charge in [-0.1, -0.05) is 6.08 Å². The summed E-state index contributed by atoms with van der Waals surface area (Å²) in [4.78, 5) is 34.2. The Labute approximate surface area is 148 Å². The van der Waals surface area contributed by atoms with Gasteiger partial charge in [0, 0.05) is 6.54 Å². The van der Waals surface area contributed by atoms with Gasteiger partial charge in [-0.15, -0.1) is 6.58 Å². The van der Waals surface area contributed by atoms with E-state index in [0.717, 1.165) is 12.8 Å². The first kappa shape index (κ1) is 22.8. The van der Waals surface area contributed by atoms with Crippen LogP contribution in [0.4, 0.5) is 9.59 Å². The summed E-state index contributed by atoms with van der Waals surface area (Å²) in [6, 6.07) is -1.03. The topological polar surface area (TPSA) is 114 Å². The van der Waals surface area contributed by atoms with Gasteiger partial charge < -0.3 is 25.2 Å². The molecule has 0 aromatic carbocycles. The monoisotopic (exact) mass is 358 g/mol. The Balaban J connectivity index is 3.94. The summed E-state index contributed by atoms with van der Waals surface area (Å²) in [6.45, 7) is 9.38. The molecular weight excluding hydrogens is 328 g/mol. The molecule has 0 aliphatic carbocycles. The number of unbranched alkanes of at least 4 members (excludes halogenated alkanes) is 2. The van der Waals surface area contributed by atoms with E-state index in [1.807, 2.05) is 0 Å². The molecule has 0 aromatic heterocycles. The van der Waals surface area contributed by atoms with Crippen molar-refractivity contribution in [3.05, 3.63) is 12.7 Å². The van der Waals surface area contributed by atoms with Gasteiger partial charge in [-0.05, 0) is 52.9 Å². The second kappa shape index (κ2) is 12.2. The van der Waals surface area contributed by atoms with Gasteiger partial charge in [-0.25, -0.2) is 14.4 Å². The number of carbonyl (C=O) groups excluding carboxylic acids is 2. The highest BCUT2D eigenvalue weighted by molar-refractivity contribution is 5.79. The number of alkyl carbamates (subject to hydrolysis) is 2. The summed E-state index contributed by atoms with van der Waals surface area (Å²) in [5.41, 5.74) is -0.691. The van der Waals surface area contributed by atoms with Crippen LogP contribution in [0.25, 0.3) is 0 Å². The molecule has 2 amide bonds. The first-order chi connectivity index (χ1) is 11.7. The van der Waals surface area contributed by atoms with Crippen LogP contribution in [0.3, 0.4) is 0 Å². The van der Waals surface area contributed by atoms with Crippen LogP contribution in [0.15, 0.2) is 12.7 Å². The molecule has 8 heteroatoms. The minimum atomic E-state index is -1.12. The summed E-state index contributed by atoms with van der Waals surface area (Å²) < 4.78 is 9.98. The summed E-state index contributed by atoms with van der Waals surface area (Å²) in [6.07, 6.45) is 3.34. The lowest BCUT2D eigenvalue weighted by Crippen LogP contribution is -2.43. The van der Waals surface area contributed by atoms with Crippen molar-refractivity contribution in [2.45, 2.75) is 64.5 Å². The van der Waals surface area contributed by atoms with Crippen molar-refractivity contribution in [3.63, 3.8) is 0 Å². The highest BCUT2D eigenvalue weighted by atomic mass is 16.6. The predicted molar refractivity (Wildman–Crippen MR) is 93.4 cm³/mol. The number of carboxylic acids is 1. The van der Waals surface area contributed by atoms with E-state index in [1.54, 1.807) is 26.8 Å². The molecule has 0 heterocycles. The lowest BCUT2D eigenvalue weighted by molar-refractivity contribution is -0.139. The maximum Gasteiger partial charge on any atom is 0.408 e. The van der Waals surface area contributed by atoms with Gasteiger partial charge in [0.25, 0.3) is 0 Å². The zero-order valence-electron chi connectivity index (χ0n) is 15.3. The molecule has 0 spiro atoms. The van der Waals surface area contributed by atoms with Crippen LogP contribution < -0.4 is 10.6 Å². The minimum absolute atomic E-state index is 0.241. The van der Waals surface area contributed by atoms with Crippen molar-refractivity contribution in [1.29, 1.82) is 0 Å². The average Bonchev–Trinajstić information content (AvgIpc) is 2.48. The largest absolute Gasteiger partial charge is 0.480 e. The first-order valence-corrected chi connectivity index (χ1v) is 8.39. The molecule has 1 atom stereocenters. The normalized spacial score (nSPS) is 12.0. The van der Waals surface area contributed by atoms with Crippen LogP contribution in [0, 0.1) is 0 Å². The fourth-order valence-electron chi connectivity index (χ4n) is 1.81. The fraction of sp³-hybridized carbons (Fsp3) is 0.706. The van der Waals surface area contributed by atoms with E-state index < -0.39 is 29.8 Å². The zero-order chi connectivity index (χ0) is 19.3. The minimum Gasteiger partial charge on any atom is -0.480 e. The van der Waals surface area contributed by atoms with E-state index in [2.05, 4.69) is 17.2 Å². The molecule has 3 N–H and O–H groups in total. The summed E-state index contributed by atoms with van der Waals surface area (Å²) >= 11 is 0. The van der Waals surface area contributed by atoms with Gasteiger partial charge >= 0.3 is 18.2 Å². The van der Waals surface area contributed by atoms with E-state index in [0.29, 0.717) is 26.0 Å². The molecule has 0 aromatic rings. The third-order valence-electron chi connectivity index (χ3n) is 2.96. The Bertz CT molecular complexity index is 445. The number of amides is 2. The quantitative estimate of drug-likeness (QED) is 0.386. The Morgan fingerprint density at radius 2 is 1.84 bits per heavy atom. The number of rotatable bonds is 11. The van der Waals surface area contributed by atoms with Crippen molar-refractivity contribution in [1.82, 2.24) is 10.6 Å². The fourth-order valence-corrected chi connectivity index (χ4v) is 1.81. The lowest BCUT2D eigenvalue weighted by atomic mass is 10.1. The predicted octanol–water partition coefficient (Wildman–Crippen LogP) is 2.83. The van der Waals surface area contributed by atoms with Crippen molar-refractivity contribution >= 4 is 18.2 Å². The van der Waals surface area contributed by atoms with Gasteiger partial charge in [0.05, 0.1) is 6.61 Å². The van der Waals surface area contributed by atoms with Gasteiger partial charge in [-0.3, -0.25) is 0 Å². The maximum absolute atomic E-state index is 11.6. The Morgan fingerprint density at radius 1 is 1.16 bits per heavy atom. The highest BCUT2D eigenvalue weighted by Crippen LogP contribution is 2.08. The Hall–Kier alpha value is -2.25. The molecule has 0 fully saturated rings. The van der Waals surface area contributed by atoms with Crippen LogP contribution in [0.1, 0.15) is 52.9 Å². The summed E-state index contributed by atoms with van der Waals surface area (Å²) in [5.74, 6) is -1.12. The molecule has 0 rings (SSSR count). The molecule has 0 saturated heterocycles. The van der Waals surface area contributed by atoms with E-state index in [4.69, 9.17) is 14.6 Å². The van der Waals surface area contributed by atoms with Crippen molar-refractivity contribution in [3.8, 4) is 0 Å². The van der Waals surface area contributed by atoms with E-state index >= 15 is 0 Å². The second-order valence-corrected chi connectivity index (χ2v) is 6.53. The SMILES string of the molecule is C=CCCCOC(=O)NCCCCC(NC(=O)OC(C)(C)C)C(=O)O. The van der Waals surface area contributed by atoms with Gasteiger partial charge in [0.1, 0.15) is 11.6 Å². The number of hydrogen-bond donors (Lipinski definition) is 3. The zero-order valence-corrected chi connectivity index (χ0v) is 15.3. The van der Waals surface area contributed by atoms with Crippen molar-refractivity contribution in [2.75, 3.05) is 13.2 Å². The molecule has 0 saturated carbocycles. The molecule has 8 nitrogen and oxygen atoms in total. The van der Waals surface area contributed by atoms with E-state index in [1.165, 1.54) is 0 Å². The van der Waals surface area contributed by atoms with Crippen molar-refractivity contribution in [2.24, 2.45) is 0 Å². The second-order valence-electron chi connectivity index (χ2n) is 6.53. The maximum atomic E-state index is 11.6. The van der Waals surface area contributed by atoms with Gasteiger partial charge in [0.15, 0.2) is 0 Å². The highest BCUT2D eigenvalue weighted by Gasteiger charge is 2.23. The van der Waals surface area contributed by atoms with Gasteiger partial charge in [0.2, 0.25) is 0 Å². The van der Waals surface area contributed by atoms with Crippen LogP contribution >= 0.6 is 0 Å². The van der Waals surface area contributed by atoms with Crippen LogP contribution in [-0.4, -0.2) is 48.1 Å². The molecule has 0 radical (unpaired) electrons. The molecule has 144 valence electrons. The standard InChI is InChI=1S/C17H30N2O6/c1-5-6-9-12-24-15(22)18-11-8-7-10-13(14(20)21)19-16(23)25-17(2,3)4/h5,13H,1,6-12H2,2-4H3,(H,18,22)(H,19,23)(H,20,21). The lowest BCUT2D eigenvalue weighted by Gasteiger charge is -2.22. The smallest absolute Gasteiger partial charge is 0.408 e. The van der Waals surface area contributed by atoms with Crippen LogP contribution in [-0.2, 0) is 14.3 Å². The van der Waals surface area contributed by atoms with Gasteiger partial charge in [-0.2, -0.15) is 0 Å². The molecule has 0 bridgehead atoms. The molecule has 25 heavy (non-hydrogen) atoms. The number of carboxylic acid groups (broad SMARTS) is 1. The van der Waals surface area contributed by atoms with Crippen LogP contribution in [0.2, 0.25) is 0 Å². The third kappa shape index (κ3) is 13.8. The number of ether oxygens (including phenoxy) is 2. The van der Waals surface area contributed by atoms with Crippen molar-refractivity contribution < 1.29 is 29.0 Å². The number of carbonyl (C=O) groups is 3. The number of allylic oxidation sites excluding steroid dienone is 1. The molecule has 0 aliphatic rings. The number of hydrogen-bond acceptors (Lipinski definition) is 5. The Morgan fingerprint density at radius 3 is 2.40 bits per heavy atom. The third-order valence-corrected chi connectivity index (χ3v) is 2.96. The van der Waals surface area contributed by atoms with E-state index in [9.17, 15) is 14.4 Å².